The van der Waals surface area contributed by atoms with E-state index in [9.17, 15) is 14.7 Å². The molecule has 2 aliphatic rings. The summed E-state index contributed by atoms with van der Waals surface area (Å²) in [6.45, 7) is 1.70. The summed E-state index contributed by atoms with van der Waals surface area (Å²) in [5.41, 5.74) is 3.81. The fourth-order valence-corrected chi connectivity index (χ4v) is 5.18. The van der Waals surface area contributed by atoms with Crippen molar-refractivity contribution in [3.8, 4) is 11.5 Å². The van der Waals surface area contributed by atoms with Crippen LogP contribution in [0, 0.1) is 0 Å². The van der Waals surface area contributed by atoms with Gasteiger partial charge in [0.15, 0.2) is 18.2 Å². The van der Waals surface area contributed by atoms with Crippen LogP contribution in [-0.2, 0) is 20.9 Å². The number of methoxy groups -OCH3 is 1. The number of carbonyl (C=O) groups excluding carboxylic acids is 2. The van der Waals surface area contributed by atoms with Crippen LogP contribution in [-0.4, -0.2) is 33.9 Å². The zero-order valence-corrected chi connectivity index (χ0v) is 20.6. The summed E-state index contributed by atoms with van der Waals surface area (Å²) in [5, 5.41) is 13.6. The molecule has 0 fully saturated rings. The molecule has 0 saturated carbocycles. The van der Waals surface area contributed by atoms with Gasteiger partial charge < -0.3 is 19.9 Å². The number of ketones is 1. The lowest BCUT2D eigenvalue weighted by molar-refractivity contribution is -0.140. The molecule has 0 spiro atoms. The van der Waals surface area contributed by atoms with E-state index < -0.39 is 11.9 Å². The molecule has 0 radical (unpaired) electrons. The molecule has 0 unspecified atom stereocenters. The van der Waals surface area contributed by atoms with E-state index in [0.717, 1.165) is 17.0 Å². The molecule has 3 aromatic rings. The normalized spacial score (nSPS) is 19.2. The van der Waals surface area contributed by atoms with E-state index >= 15 is 0 Å². The van der Waals surface area contributed by atoms with Crippen molar-refractivity contribution in [2.75, 3.05) is 7.11 Å². The number of dihydropyridines is 1. The number of rotatable bonds is 6. The molecular weight excluding hydrogens is 470 g/mol. The van der Waals surface area contributed by atoms with E-state index in [1.54, 1.807) is 56.8 Å². The van der Waals surface area contributed by atoms with Gasteiger partial charge in [0.1, 0.15) is 11.5 Å². The topological polar surface area (TPSA) is 111 Å². The number of esters is 1. The number of allylic oxidation sites excluding steroid dienone is 3. The Hall–Kier alpha value is -4.46. The Bertz CT molecular complexity index is 1410. The van der Waals surface area contributed by atoms with Gasteiger partial charge in [-0.05, 0) is 48.7 Å². The maximum Gasteiger partial charge on any atom is 0.337 e. The van der Waals surface area contributed by atoms with E-state index in [2.05, 4.69) is 15.3 Å². The lowest BCUT2D eigenvalue weighted by atomic mass is 9.71. The van der Waals surface area contributed by atoms with Crippen molar-refractivity contribution in [2.24, 2.45) is 0 Å². The number of hydrogen-bond acceptors (Lipinski definition) is 8. The van der Waals surface area contributed by atoms with Crippen LogP contribution in [0.5, 0.6) is 11.5 Å². The molecule has 1 aromatic heterocycles. The molecule has 1 aliphatic carbocycles. The first kappa shape index (κ1) is 24.2. The SMILES string of the molecule is COc1ccccc1[C@H]1CC(=O)C2=C(C1)NC(C)=C(C(=O)OCc1ncccn1)[C@H]2c1cccc(O)c1. The van der Waals surface area contributed by atoms with Crippen molar-refractivity contribution in [1.29, 1.82) is 0 Å². The largest absolute Gasteiger partial charge is 0.508 e. The highest BCUT2D eigenvalue weighted by atomic mass is 16.5. The number of benzene rings is 2. The minimum absolute atomic E-state index is 0.0522. The van der Waals surface area contributed by atoms with Crippen molar-refractivity contribution in [2.45, 2.75) is 38.2 Å². The third kappa shape index (κ3) is 4.82. The van der Waals surface area contributed by atoms with Gasteiger partial charge in [0.2, 0.25) is 0 Å². The van der Waals surface area contributed by atoms with Crippen LogP contribution < -0.4 is 10.1 Å². The molecule has 188 valence electrons. The number of phenols is 1. The molecule has 2 heterocycles. The van der Waals surface area contributed by atoms with E-state index in [1.807, 2.05) is 24.3 Å². The lowest BCUT2D eigenvalue weighted by Gasteiger charge is -2.37. The Morgan fingerprint density at radius 3 is 2.62 bits per heavy atom. The second-order valence-electron chi connectivity index (χ2n) is 9.10. The first-order chi connectivity index (χ1) is 18.0. The molecule has 0 saturated heterocycles. The van der Waals surface area contributed by atoms with Crippen LogP contribution in [0.15, 0.2) is 89.5 Å². The standard InChI is InChI=1S/C29H27N3O5/c1-17-26(29(35)37-16-25-30-11-6-12-31-25)27(18-7-5-8-20(33)13-18)28-22(32-17)14-19(15-23(28)34)21-9-3-4-10-24(21)36-2/h3-13,19,27,32-33H,14-16H2,1-2H3/t19-,27-/m1/s1. The number of Topliss-reactive ketones (excluding diaryl/α,β-unsaturated/α-hetero) is 1. The Labute approximate surface area is 214 Å². The van der Waals surface area contributed by atoms with Gasteiger partial charge in [-0.2, -0.15) is 0 Å². The van der Waals surface area contributed by atoms with Crippen molar-refractivity contribution < 1.29 is 24.2 Å². The highest BCUT2D eigenvalue weighted by Gasteiger charge is 2.42. The summed E-state index contributed by atoms with van der Waals surface area (Å²) in [4.78, 5) is 35.4. The molecule has 2 atom stereocenters. The quantitative estimate of drug-likeness (QED) is 0.485. The van der Waals surface area contributed by atoms with Gasteiger partial charge in [0, 0.05) is 47.6 Å². The highest BCUT2D eigenvalue weighted by Crippen LogP contribution is 2.47. The summed E-state index contributed by atoms with van der Waals surface area (Å²) in [6, 6.07) is 16.0. The number of phenolic OH excluding ortho intramolecular Hbond substituents is 1. The van der Waals surface area contributed by atoms with E-state index in [-0.39, 0.29) is 30.5 Å². The van der Waals surface area contributed by atoms with Crippen LogP contribution >= 0.6 is 0 Å². The van der Waals surface area contributed by atoms with Crippen LogP contribution in [0.4, 0.5) is 0 Å². The summed E-state index contributed by atoms with van der Waals surface area (Å²) >= 11 is 0. The lowest BCUT2D eigenvalue weighted by Crippen LogP contribution is -2.36. The second kappa shape index (κ2) is 10.3. The third-order valence-corrected chi connectivity index (χ3v) is 6.78. The number of para-hydroxylation sites is 1. The molecule has 0 bridgehead atoms. The van der Waals surface area contributed by atoms with Crippen LogP contribution in [0.1, 0.15) is 48.6 Å². The maximum atomic E-state index is 13.7. The van der Waals surface area contributed by atoms with Crippen molar-refractivity contribution in [3.05, 3.63) is 106 Å². The fraction of sp³-hybridized carbons (Fsp3) is 0.241. The zero-order chi connectivity index (χ0) is 25.9. The number of carbonyl (C=O) groups is 2. The molecule has 2 aromatic carbocycles. The Morgan fingerprint density at radius 1 is 1.08 bits per heavy atom. The summed E-state index contributed by atoms with van der Waals surface area (Å²) in [6.07, 6.45) is 4.01. The van der Waals surface area contributed by atoms with Gasteiger partial charge in [-0.1, -0.05) is 30.3 Å². The fourth-order valence-electron chi connectivity index (χ4n) is 5.18. The number of ether oxygens (including phenoxy) is 2. The third-order valence-electron chi connectivity index (χ3n) is 6.78. The number of aromatic hydroxyl groups is 1. The smallest absolute Gasteiger partial charge is 0.337 e. The monoisotopic (exact) mass is 497 g/mol. The molecule has 8 nitrogen and oxygen atoms in total. The Morgan fingerprint density at radius 2 is 1.86 bits per heavy atom. The predicted octanol–water partition coefficient (Wildman–Crippen LogP) is 4.30. The van der Waals surface area contributed by atoms with Gasteiger partial charge in [0.05, 0.1) is 12.7 Å². The molecule has 2 N–H and O–H groups in total. The predicted molar refractivity (Wildman–Crippen MR) is 136 cm³/mol. The molecule has 1 aliphatic heterocycles. The average Bonchev–Trinajstić information content (AvgIpc) is 2.91. The summed E-state index contributed by atoms with van der Waals surface area (Å²) < 4.78 is 11.1. The van der Waals surface area contributed by atoms with Crippen molar-refractivity contribution in [3.63, 3.8) is 0 Å². The minimum Gasteiger partial charge on any atom is -0.508 e. The Balaban J connectivity index is 1.53. The van der Waals surface area contributed by atoms with Gasteiger partial charge in [-0.3, -0.25) is 4.79 Å². The van der Waals surface area contributed by atoms with Gasteiger partial charge in [-0.25, -0.2) is 14.8 Å². The van der Waals surface area contributed by atoms with Gasteiger partial charge in [0.25, 0.3) is 0 Å². The highest BCUT2D eigenvalue weighted by molar-refractivity contribution is 6.04. The van der Waals surface area contributed by atoms with E-state index in [0.29, 0.717) is 34.7 Å². The molecule has 37 heavy (non-hydrogen) atoms. The second-order valence-corrected chi connectivity index (χ2v) is 9.10. The van der Waals surface area contributed by atoms with Crippen molar-refractivity contribution in [1.82, 2.24) is 15.3 Å². The van der Waals surface area contributed by atoms with Crippen LogP contribution in [0.2, 0.25) is 0 Å². The summed E-state index contributed by atoms with van der Waals surface area (Å²) in [5.74, 6) is -0.227. The first-order valence-electron chi connectivity index (χ1n) is 12.0. The van der Waals surface area contributed by atoms with Crippen molar-refractivity contribution >= 4 is 11.8 Å². The first-order valence-corrected chi connectivity index (χ1v) is 12.0. The number of nitrogens with one attached hydrogen (secondary N) is 1. The summed E-state index contributed by atoms with van der Waals surface area (Å²) in [7, 11) is 1.62. The number of hydrogen-bond donors (Lipinski definition) is 2. The number of nitrogens with zero attached hydrogens (tertiary/aromatic N) is 2. The van der Waals surface area contributed by atoms with Gasteiger partial charge >= 0.3 is 5.97 Å². The van der Waals surface area contributed by atoms with Crippen LogP contribution in [0.3, 0.4) is 0 Å². The van der Waals surface area contributed by atoms with E-state index in [4.69, 9.17) is 9.47 Å². The Kier molecular flexibility index (Phi) is 6.72. The zero-order valence-electron chi connectivity index (χ0n) is 20.6. The molecular formula is C29H27N3O5. The molecule has 8 heteroatoms. The molecule has 0 amide bonds. The van der Waals surface area contributed by atoms with Crippen LogP contribution in [0.25, 0.3) is 0 Å². The number of aromatic nitrogens is 2. The maximum absolute atomic E-state index is 13.7. The molecule has 5 rings (SSSR count). The minimum atomic E-state index is -0.682. The van der Waals surface area contributed by atoms with E-state index in [1.165, 1.54) is 0 Å². The van der Waals surface area contributed by atoms with Gasteiger partial charge in [-0.15, -0.1) is 0 Å². The average molecular weight is 498 g/mol.